The third-order valence-corrected chi connectivity index (χ3v) is 8.54. The van der Waals surface area contributed by atoms with Crippen molar-refractivity contribution in [2.45, 2.75) is 50.7 Å². The summed E-state index contributed by atoms with van der Waals surface area (Å²) in [4.78, 5) is 48.3. The molecule has 0 radical (unpaired) electrons. The summed E-state index contributed by atoms with van der Waals surface area (Å²) in [6, 6.07) is 0. The van der Waals surface area contributed by atoms with Crippen LogP contribution >= 0.6 is 23.5 Å². The van der Waals surface area contributed by atoms with E-state index in [0.717, 1.165) is 12.8 Å². The molecule has 1 aliphatic heterocycles. The van der Waals surface area contributed by atoms with E-state index in [9.17, 15) is 33.7 Å². The Morgan fingerprint density at radius 2 is 1.81 bits per heavy atom. The van der Waals surface area contributed by atoms with Crippen LogP contribution in [0.15, 0.2) is 6.33 Å². The number of aromatic nitrogens is 4. The number of nitrogens with zero attached hydrogens (tertiary/aromatic N) is 4. The molecule has 1 saturated heterocycles. The molecule has 0 aromatic carbocycles. The molecule has 1 fully saturated rings. The van der Waals surface area contributed by atoms with Gasteiger partial charge in [0.2, 0.25) is 5.82 Å². The highest BCUT2D eigenvalue weighted by molar-refractivity contribution is 7.66. The van der Waals surface area contributed by atoms with Crippen LogP contribution in [0, 0.1) is 11.8 Å². The Morgan fingerprint density at radius 1 is 1.11 bits per heavy atom. The zero-order chi connectivity index (χ0) is 27.6. The maximum Gasteiger partial charge on any atom is 0.490 e. The molecule has 21 heteroatoms. The van der Waals surface area contributed by atoms with Gasteiger partial charge in [0.1, 0.15) is 23.8 Å². The first-order chi connectivity index (χ1) is 17.1. The molecule has 37 heavy (non-hydrogen) atoms. The number of imidazole rings is 1. The maximum absolute atomic E-state index is 11.9. The number of unbranched alkanes of at least 4 members (excludes halogenated alkanes) is 2. The molecule has 8 N–H and O–H groups in total. The van der Waals surface area contributed by atoms with E-state index in [1.807, 2.05) is 6.92 Å². The van der Waals surface area contributed by atoms with Crippen LogP contribution in [-0.2, 0) is 31.6 Å². The van der Waals surface area contributed by atoms with Crippen LogP contribution < -0.4 is 5.73 Å². The van der Waals surface area contributed by atoms with Crippen molar-refractivity contribution in [3.63, 3.8) is 0 Å². The summed E-state index contributed by atoms with van der Waals surface area (Å²) in [6.45, 7) is 1.04. The molecule has 0 aliphatic carbocycles. The summed E-state index contributed by atoms with van der Waals surface area (Å²) in [5.74, 6) is 5.77. The number of fused-ring (bicyclic) bond motifs is 1. The third-order valence-electron chi connectivity index (χ3n) is 4.73. The number of anilines is 1. The molecule has 0 saturated carbocycles. The predicted molar refractivity (Wildman–Crippen MR) is 122 cm³/mol. The Hall–Kier alpha value is -1.80. The Kier molecular flexibility index (Phi) is 9.26. The number of hydrogen-bond acceptors (Lipinski definition) is 13. The number of aliphatic hydroxyl groups is 2. The molecule has 2 aromatic heterocycles. The molecule has 206 valence electrons. The molecule has 3 rings (SSSR count). The molecule has 0 amide bonds. The summed E-state index contributed by atoms with van der Waals surface area (Å²) in [5.41, 5.74) is 6.19. The van der Waals surface area contributed by atoms with Crippen LogP contribution in [0.5, 0.6) is 0 Å². The van der Waals surface area contributed by atoms with Gasteiger partial charge in [-0.1, -0.05) is 19.3 Å². The lowest BCUT2D eigenvalue weighted by molar-refractivity contribution is -0.0503. The second kappa shape index (κ2) is 11.5. The monoisotopic (exact) mass is 587 g/mol. The lowest BCUT2D eigenvalue weighted by Crippen LogP contribution is -2.33. The third kappa shape index (κ3) is 7.85. The van der Waals surface area contributed by atoms with Crippen LogP contribution in [0.1, 0.15) is 38.2 Å². The van der Waals surface area contributed by atoms with Gasteiger partial charge in [0.05, 0.1) is 12.9 Å². The van der Waals surface area contributed by atoms with Gasteiger partial charge in [-0.05, 0) is 12.3 Å². The first-order valence-electron chi connectivity index (χ1n) is 10.4. The highest BCUT2D eigenvalue weighted by atomic mass is 31.3. The number of phosphoric ester groups is 1. The topological polar surface area (TPSA) is 279 Å². The van der Waals surface area contributed by atoms with E-state index >= 15 is 0 Å². The highest BCUT2D eigenvalue weighted by Crippen LogP contribution is 2.66. The molecule has 2 aromatic rings. The normalized spacial score (nSPS) is 25.4. The van der Waals surface area contributed by atoms with E-state index in [-0.39, 0.29) is 22.8 Å². The maximum atomic E-state index is 11.9. The molecule has 2 unspecified atom stereocenters. The van der Waals surface area contributed by atoms with Gasteiger partial charge in [-0.15, -0.1) is 0 Å². The minimum absolute atomic E-state index is 0.000728. The van der Waals surface area contributed by atoms with Crippen molar-refractivity contribution >= 4 is 40.4 Å². The van der Waals surface area contributed by atoms with Gasteiger partial charge in [0.15, 0.2) is 17.7 Å². The van der Waals surface area contributed by atoms with Gasteiger partial charge in [0, 0.05) is 6.42 Å². The number of hydrogen-bond donors (Lipinski definition) is 7. The number of nitrogen functional groups attached to an aromatic ring is 1. The summed E-state index contributed by atoms with van der Waals surface area (Å²) in [7, 11) is -16.8. The van der Waals surface area contributed by atoms with Crippen LogP contribution in [-0.4, -0.2) is 74.2 Å². The van der Waals surface area contributed by atoms with Crippen molar-refractivity contribution in [1.29, 1.82) is 0 Å². The highest BCUT2D eigenvalue weighted by Gasteiger charge is 2.47. The number of aliphatic hydroxyl groups excluding tert-OH is 2. The van der Waals surface area contributed by atoms with E-state index in [4.69, 9.17) is 20.3 Å². The Bertz CT molecular complexity index is 1340. The number of nitrogens with two attached hydrogens (primary N) is 1. The second-order valence-electron chi connectivity index (χ2n) is 7.59. The van der Waals surface area contributed by atoms with Crippen molar-refractivity contribution in [2.24, 2.45) is 0 Å². The van der Waals surface area contributed by atoms with Crippen LogP contribution in [0.3, 0.4) is 0 Å². The quantitative estimate of drug-likeness (QED) is 0.109. The number of rotatable bonds is 10. The largest absolute Gasteiger partial charge is 0.490 e. The lowest BCUT2D eigenvalue weighted by atomic mass is 10.1. The first kappa shape index (κ1) is 29.8. The van der Waals surface area contributed by atoms with Crippen molar-refractivity contribution in [2.75, 3.05) is 12.3 Å². The van der Waals surface area contributed by atoms with Crippen LogP contribution in [0.2, 0.25) is 0 Å². The summed E-state index contributed by atoms with van der Waals surface area (Å²) >= 11 is 0. The summed E-state index contributed by atoms with van der Waals surface area (Å²) in [6.07, 6.45) is -2.53. The average molecular weight is 587 g/mol. The van der Waals surface area contributed by atoms with E-state index < -0.39 is 54.6 Å². The number of ether oxygens (including phenoxy) is 1. The van der Waals surface area contributed by atoms with Crippen molar-refractivity contribution in [3.8, 4) is 11.8 Å². The molecular formula is C16H24N5O13P3. The van der Waals surface area contributed by atoms with Gasteiger partial charge < -0.3 is 40.3 Å². The Morgan fingerprint density at radius 3 is 2.46 bits per heavy atom. The van der Waals surface area contributed by atoms with Gasteiger partial charge in [0.25, 0.3) is 0 Å². The van der Waals surface area contributed by atoms with E-state index in [0.29, 0.717) is 6.42 Å². The van der Waals surface area contributed by atoms with Gasteiger partial charge >= 0.3 is 23.5 Å². The Labute approximate surface area is 208 Å². The molecule has 18 nitrogen and oxygen atoms in total. The number of phosphoric acid groups is 3. The van der Waals surface area contributed by atoms with Crippen LogP contribution in [0.25, 0.3) is 11.2 Å². The standard InChI is InChI=1S/C16H24N5O13P3/c1-2-3-4-5-6-10-19-14(17)11-15(20-10)21(8-18-11)16-13(23)12(22)9(32-16)7-31-36(27,28)34-37(29,30)33-35(24,25)26/h8-9,12-13,16,22-23H,2-4,7H2,1H3,(H,27,28)(H,29,30)(H2,17,19,20)(H2,24,25,26)/t9-,12-,13-,16-/m1/s1. The SMILES string of the molecule is CCCCC#Cc1nc(N)c2ncn([C@@H]3O[C@H](COP(=O)(O)OP(=O)(O)OP(=O)(O)O)[C@@H](O)[C@H]3O)c2n1. The van der Waals surface area contributed by atoms with E-state index in [1.165, 1.54) is 10.9 Å². The molecule has 1 aliphatic rings. The van der Waals surface area contributed by atoms with E-state index in [2.05, 4.69) is 39.9 Å². The minimum Gasteiger partial charge on any atom is -0.387 e. The first-order valence-corrected chi connectivity index (χ1v) is 14.9. The average Bonchev–Trinajstić information content (AvgIpc) is 3.29. The zero-order valence-electron chi connectivity index (χ0n) is 19.0. The fraction of sp³-hybridized carbons (Fsp3) is 0.562. The Balaban J connectivity index is 1.75. The fourth-order valence-electron chi connectivity index (χ4n) is 3.15. The zero-order valence-corrected chi connectivity index (χ0v) is 21.6. The van der Waals surface area contributed by atoms with Gasteiger partial charge in [-0.2, -0.15) is 8.62 Å². The predicted octanol–water partition coefficient (Wildman–Crippen LogP) is -0.0873. The second-order valence-corrected chi connectivity index (χ2v) is 12.0. The smallest absolute Gasteiger partial charge is 0.387 e. The molecule has 0 bridgehead atoms. The fourth-order valence-corrected chi connectivity index (χ4v) is 6.18. The van der Waals surface area contributed by atoms with Crippen molar-refractivity contribution in [3.05, 3.63) is 12.2 Å². The van der Waals surface area contributed by atoms with Gasteiger partial charge in [-0.3, -0.25) is 9.09 Å². The van der Waals surface area contributed by atoms with Gasteiger partial charge in [-0.25, -0.2) is 28.6 Å². The molecule has 3 heterocycles. The summed E-state index contributed by atoms with van der Waals surface area (Å²) < 4.78 is 52.5. The molecular weight excluding hydrogens is 563 g/mol. The molecule has 6 atom stereocenters. The molecule has 0 spiro atoms. The van der Waals surface area contributed by atoms with Crippen molar-refractivity contribution in [1.82, 2.24) is 19.5 Å². The van der Waals surface area contributed by atoms with Crippen LogP contribution in [0.4, 0.5) is 5.82 Å². The minimum atomic E-state index is -5.73. The van der Waals surface area contributed by atoms with E-state index in [1.54, 1.807) is 0 Å². The summed E-state index contributed by atoms with van der Waals surface area (Å²) in [5, 5.41) is 20.9. The lowest BCUT2D eigenvalue weighted by Gasteiger charge is -2.19. The van der Waals surface area contributed by atoms with Crippen molar-refractivity contribution < 1.29 is 61.4 Å².